The van der Waals surface area contributed by atoms with Crippen LogP contribution in [-0.4, -0.2) is 18.5 Å². The van der Waals surface area contributed by atoms with E-state index < -0.39 is 11.2 Å². The van der Waals surface area contributed by atoms with Crippen LogP contribution in [0.4, 0.5) is 4.39 Å². The van der Waals surface area contributed by atoms with Gasteiger partial charge in [0, 0.05) is 17.6 Å². The molecule has 0 fully saturated rings. The van der Waals surface area contributed by atoms with Crippen LogP contribution in [0.3, 0.4) is 0 Å². The number of imidazole rings is 1. The molecule has 0 N–H and O–H groups in total. The summed E-state index contributed by atoms with van der Waals surface area (Å²) >= 11 is 6.03. The van der Waals surface area contributed by atoms with E-state index in [0.29, 0.717) is 16.3 Å². The average Bonchev–Trinajstić information content (AvgIpc) is 3.28. The summed E-state index contributed by atoms with van der Waals surface area (Å²) in [7, 11) is 1.55. The fraction of sp³-hybridized carbons (Fsp3) is 0.0952. The van der Waals surface area contributed by atoms with E-state index in [-0.39, 0.29) is 29.4 Å². The Balaban J connectivity index is 1.72. The lowest BCUT2D eigenvalue weighted by Gasteiger charge is -2.08. The Kier molecular flexibility index (Phi) is 4.11. The molecule has 0 aliphatic carbocycles. The molecule has 0 spiro atoms. The van der Waals surface area contributed by atoms with Crippen molar-refractivity contribution in [2.24, 2.45) is 7.05 Å². The van der Waals surface area contributed by atoms with Crippen molar-refractivity contribution in [3.8, 4) is 11.3 Å². The van der Waals surface area contributed by atoms with Gasteiger partial charge in [0.1, 0.15) is 5.82 Å². The van der Waals surface area contributed by atoms with Crippen molar-refractivity contribution in [3.63, 3.8) is 0 Å². The van der Waals surface area contributed by atoms with E-state index in [1.165, 1.54) is 21.1 Å². The van der Waals surface area contributed by atoms with Gasteiger partial charge in [-0.05, 0) is 42.0 Å². The standard InChI is InChI=1S/C21H14ClFN4O3/c1-25-18-17(19(28)27(21(25)29)10-12-3-2-4-14(22)9-12)26-11-16(30-20(26)24-18)13-5-7-15(23)8-6-13/h2-9,11H,10H2,1H3. The van der Waals surface area contributed by atoms with E-state index in [2.05, 4.69) is 4.98 Å². The molecule has 0 atom stereocenters. The van der Waals surface area contributed by atoms with Crippen LogP contribution in [0.25, 0.3) is 28.3 Å². The molecule has 150 valence electrons. The number of benzene rings is 2. The fourth-order valence-corrected chi connectivity index (χ4v) is 3.67. The van der Waals surface area contributed by atoms with Crippen molar-refractivity contribution >= 4 is 28.6 Å². The molecule has 5 aromatic rings. The van der Waals surface area contributed by atoms with Gasteiger partial charge in [0.15, 0.2) is 16.9 Å². The van der Waals surface area contributed by atoms with Gasteiger partial charge in [0.2, 0.25) is 0 Å². The normalized spacial score (nSPS) is 11.6. The Morgan fingerprint density at radius 2 is 1.90 bits per heavy atom. The van der Waals surface area contributed by atoms with Crippen LogP contribution in [0.15, 0.2) is 68.7 Å². The second-order valence-corrected chi connectivity index (χ2v) is 7.34. The maximum absolute atomic E-state index is 13.2. The Labute approximate surface area is 173 Å². The van der Waals surface area contributed by atoms with Gasteiger partial charge in [0.25, 0.3) is 5.56 Å². The van der Waals surface area contributed by atoms with Gasteiger partial charge >= 0.3 is 11.5 Å². The third-order valence-corrected chi connectivity index (χ3v) is 5.18. The Morgan fingerprint density at radius 3 is 2.63 bits per heavy atom. The minimum Gasteiger partial charge on any atom is -0.423 e. The summed E-state index contributed by atoms with van der Waals surface area (Å²) in [5.41, 5.74) is 0.808. The molecule has 3 aromatic heterocycles. The number of nitrogens with zero attached hydrogens (tertiary/aromatic N) is 4. The molecular weight excluding hydrogens is 411 g/mol. The quantitative estimate of drug-likeness (QED) is 0.444. The van der Waals surface area contributed by atoms with Crippen molar-refractivity contribution in [1.29, 1.82) is 0 Å². The Bertz CT molecular complexity index is 1540. The second kappa shape index (κ2) is 6.70. The van der Waals surface area contributed by atoms with Gasteiger partial charge in [-0.15, -0.1) is 0 Å². The number of rotatable bonds is 3. The summed E-state index contributed by atoms with van der Waals surface area (Å²) in [5.74, 6) is 0.227. The highest BCUT2D eigenvalue weighted by Crippen LogP contribution is 2.24. The first kappa shape index (κ1) is 18.4. The molecule has 0 unspecified atom stereocenters. The van der Waals surface area contributed by atoms with Crippen LogP contribution in [-0.2, 0) is 13.6 Å². The van der Waals surface area contributed by atoms with Crippen LogP contribution in [0.5, 0.6) is 0 Å². The van der Waals surface area contributed by atoms with E-state index in [0.717, 1.165) is 10.1 Å². The summed E-state index contributed by atoms with van der Waals surface area (Å²) in [4.78, 5) is 30.3. The maximum atomic E-state index is 13.2. The smallest absolute Gasteiger partial charge is 0.332 e. The predicted octanol–water partition coefficient (Wildman–Crippen LogP) is 3.45. The Hall–Kier alpha value is -3.65. The molecule has 0 radical (unpaired) electrons. The minimum atomic E-state index is -0.494. The molecule has 30 heavy (non-hydrogen) atoms. The summed E-state index contributed by atoms with van der Waals surface area (Å²) in [5, 5.41) is 0.518. The SMILES string of the molecule is Cn1c(=O)n(Cc2cccc(Cl)c2)c(=O)c2c1nc1oc(-c3ccc(F)cc3)cn12. The van der Waals surface area contributed by atoms with Crippen LogP contribution in [0.1, 0.15) is 5.56 Å². The highest BCUT2D eigenvalue weighted by molar-refractivity contribution is 6.30. The number of hydrogen-bond donors (Lipinski definition) is 0. The van der Waals surface area contributed by atoms with Gasteiger partial charge in [-0.2, -0.15) is 4.98 Å². The topological polar surface area (TPSA) is 74.4 Å². The van der Waals surface area contributed by atoms with Gasteiger partial charge in [-0.3, -0.25) is 18.3 Å². The zero-order chi connectivity index (χ0) is 21.0. The number of fused-ring (bicyclic) bond motifs is 3. The van der Waals surface area contributed by atoms with E-state index >= 15 is 0 Å². The van der Waals surface area contributed by atoms with Gasteiger partial charge < -0.3 is 4.42 Å². The number of oxazole rings is 1. The van der Waals surface area contributed by atoms with Crippen molar-refractivity contribution in [2.45, 2.75) is 6.54 Å². The second-order valence-electron chi connectivity index (χ2n) is 6.90. The van der Waals surface area contributed by atoms with Crippen LogP contribution in [0.2, 0.25) is 5.02 Å². The molecule has 0 aliphatic heterocycles. The lowest BCUT2D eigenvalue weighted by molar-refractivity contribution is 0.608. The highest BCUT2D eigenvalue weighted by atomic mass is 35.5. The number of aryl methyl sites for hydroxylation is 1. The number of aromatic nitrogens is 4. The lowest BCUT2D eigenvalue weighted by Crippen LogP contribution is -2.39. The van der Waals surface area contributed by atoms with E-state index in [4.69, 9.17) is 16.0 Å². The molecule has 7 nitrogen and oxygen atoms in total. The largest absolute Gasteiger partial charge is 0.423 e. The highest BCUT2D eigenvalue weighted by Gasteiger charge is 2.20. The predicted molar refractivity (Wildman–Crippen MR) is 110 cm³/mol. The van der Waals surface area contributed by atoms with Crippen molar-refractivity contribution in [3.05, 3.63) is 92.0 Å². The molecule has 3 heterocycles. The molecule has 0 saturated carbocycles. The van der Waals surface area contributed by atoms with Crippen molar-refractivity contribution in [1.82, 2.24) is 18.5 Å². The minimum absolute atomic E-state index is 0.0674. The molecule has 0 amide bonds. The first-order valence-electron chi connectivity index (χ1n) is 9.04. The monoisotopic (exact) mass is 424 g/mol. The molecular formula is C21H14ClFN4O3. The van der Waals surface area contributed by atoms with Crippen LogP contribution >= 0.6 is 11.6 Å². The molecule has 0 saturated heterocycles. The van der Waals surface area contributed by atoms with E-state index in [1.807, 2.05) is 0 Å². The molecule has 9 heteroatoms. The summed E-state index contributed by atoms with van der Waals surface area (Å²) in [6, 6.07) is 12.8. The zero-order valence-electron chi connectivity index (χ0n) is 15.7. The Morgan fingerprint density at radius 1 is 1.13 bits per heavy atom. The molecule has 5 rings (SSSR count). The van der Waals surface area contributed by atoms with Gasteiger partial charge in [-0.25, -0.2) is 9.18 Å². The summed E-state index contributed by atoms with van der Waals surface area (Å²) in [6.45, 7) is 0.0674. The summed E-state index contributed by atoms with van der Waals surface area (Å²) in [6.07, 6.45) is 1.60. The van der Waals surface area contributed by atoms with Crippen LogP contribution < -0.4 is 11.2 Å². The van der Waals surface area contributed by atoms with Crippen molar-refractivity contribution < 1.29 is 8.81 Å². The fourth-order valence-electron chi connectivity index (χ4n) is 3.46. The average molecular weight is 425 g/mol. The molecule has 0 aliphatic rings. The number of halogens is 2. The zero-order valence-corrected chi connectivity index (χ0v) is 16.4. The van der Waals surface area contributed by atoms with E-state index in [1.54, 1.807) is 49.6 Å². The third kappa shape index (κ3) is 2.84. The van der Waals surface area contributed by atoms with E-state index in [9.17, 15) is 14.0 Å². The third-order valence-electron chi connectivity index (χ3n) is 4.95. The first-order valence-corrected chi connectivity index (χ1v) is 9.42. The molecule has 2 aromatic carbocycles. The van der Waals surface area contributed by atoms with Crippen LogP contribution in [0, 0.1) is 5.82 Å². The lowest BCUT2D eigenvalue weighted by atomic mass is 10.2. The number of hydrogen-bond acceptors (Lipinski definition) is 4. The van der Waals surface area contributed by atoms with Crippen molar-refractivity contribution in [2.75, 3.05) is 0 Å². The molecule has 0 bridgehead atoms. The van der Waals surface area contributed by atoms with Gasteiger partial charge in [-0.1, -0.05) is 23.7 Å². The van der Waals surface area contributed by atoms with Gasteiger partial charge in [0.05, 0.1) is 12.7 Å². The summed E-state index contributed by atoms with van der Waals surface area (Å²) < 4.78 is 22.9. The maximum Gasteiger partial charge on any atom is 0.332 e. The first-order chi connectivity index (χ1) is 14.4.